The summed E-state index contributed by atoms with van der Waals surface area (Å²) >= 11 is 0. The lowest BCUT2D eigenvalue weighted by Gasteiger charge is -2.34. The van der Waals surface area contributed by atoms with Crippen molar-refractivity contribution < 1.29 is 17.6 Å². The Morgan fingerprint density at radius 1 is 0.966 bits per heavy atom. The van der Waals surface area contributed by atoms with Crippen LogP contribution in [0.15, 0.2) is 59.5 Å². The normalized spacial score (nSPS) is 15.4. The van der Waals surface area contributed by atoms with E-state index >= 15 is 0 Å². The minimum absolute atomic E-state index is 0.0137. The molecule has 1 aliphatic rings. The van der Waals surface area contributed by atoms with Gasteiger partial charge in [0.25, 0.3) is 0 Å². The van der Waals surface area contributed by atoms with Crippen molar-refractivity contribution in [2.75, 3.05) is 32.7 Å². The van der Waals surface area contributed by atoms with Crippen LogP contribution in [0, 0.1) is 5.82 Å². The molecule has 0 aliphatic carbocycles. The van der Waals surface area contributed by atoms with Gasteiger partial charge in [-0.2, -0.15) is 0 Å². The van der Waals surface area contributed by atoms with E-state index in [9.17, 15) is 17.6 Å². The Kier molecular flexibility index (Phi) is 7.35. The van der Waals surface area contributed by atoms with Crippen LogP contribution in [0.2, 0.25) is 0 Å². The van der Waals surface area contributed by atoms with E-state index in [0.29, 0.717) is 25.9 Å². The second kappa shape index (κ2) is 9.96. The summed E-state index contributed by atoms with van der Waals surface area (Å²) in [5, 5.41) is 0. The number of sulfonamides is 1. The fourth-order valence-electron chi connectivity index (χ4n) is 3.30. The molecule has 1 heterocycles. The Labute approximate surface area is 171 Å². The van der Waals surface area contributed by atoms with Crippen molar-refractivity contribution in [1.29, 1.82) is 0 Å². The first-order chi connectivity index (χ1) is 13.9. The minimum atomic E-state index is -3.69. The van der Waals surface area contributed by atoms with Gasteiger partial charge >= 0.3 is 0 Å². The topological polar surface area (TPSA) is 69.7 Å². The quantitative estimate of drug-likeness (QED) is 0.667. The molecule has 156 valence electrons. The van der Waals surface area contributed by atoms with Crippen molar-refractivity contribution in [2.45, 2.75) is 24.3 Å². The number of benzene rings is 2. The van der Waals surface area contributed by atoms with E-state index in [0.717, 1.165) is 31.8 Å². The summed E-state index contributed by atoms with van der Waals surface area (Å²) in [7, 11) is -3.69. The molecule has 0 unspecified atom stereocenters. The molecule has 6 nitrogen and oxygen atoms in total. The molecule has 0 spiro atoms. The number of nitrogens with one attached hydrogen (secondary N) is 1. The molecular weight excluding hydrogens is 393 g/mol. The van der Waals surface area contributed by atoms with Gasteiger partial charge in [0.2, 0.25) is 15.9 Å². The molecule has 1 aliphatic heterocycles. The average Bonchev–Trinajstić information content (AvgIpc) is 2.73. The van der Waals surface area contributed by atoms with Crippen LogP contribution in [0.3, 0.4) is 0 Å². The number of carbonyl (C=O) groups is 1. The Morgan fingerprint density at radius 3 is 2.28 bits per heavy atom. The van der Waals surface area contributed by atoms with Crippen molar-refractivity contribution in [2.24, 2.45) is 0 Å². The number of hydrogen-bond donors (Lipinski definition) is 1. The van der Waals surface area contributed by atoms with Crippen molar-refractivity contribution in [3.05, 3.63) is 66.0 Å². The van der Waals surface area contributed by atoms with Gasteiger partial charge < -0.3 is 4.90 Å². The summed E-state index contributed by atoms with van der Waals surface area (Å²) in [6.45, 7) is 4.09. The van der Waals surface area contributed by atoms with Gasteiger partial charge in [0.15, 0.2) is 0 Å². The lowest BCUT2D eigenvalue weighted by Crippen LogP contribution is -2.48. The molecule has 0 radical (unpaired) electrons. The van der Waals surface area contributed by atoms with E-state index in [1.807, 2.05) is 23.1 Å². The fraction of sp³-hybridized carbons (Fsp3) is 0.381. The molecule has 0 bridgehead atoms. The standard InChI is InChI=1S/C21H26FN3O3S/c22-19-8-10-20(11-9-19)29(27,28)23-12-4-7-21(26)25-15-13-24(14-16-25)17-18-5-2-1-3-6-18/h1-3,5-6,8-11,23H,4,7,12-17H2. The van der Waals surface area contributed by atoms with Crippen LogP contribution in [-0.2, 0) is 21.4 Å². The van der Waals surface area contributed by atoms with E-state index in [4.69, 9.17) is 0 Å². The summed E-state index contributed by atoms with van der Waals surface area (Å²) in [6.07, 6.45) is 0.716. The number of carbonyl (C=O) groups excluding carboxylic acids is 1. The third kappa shape index (κ3) is 6.35. The molecule has 1 saturated heterocycles. The molecule has 29 heavy (non-hydrogen) atoms. The van der Waals surface area contributed by atoms with Crippen molar-refractivity contribution in [3.63, 3.8) is 0 Å². The average molecular weight is 420 g/mol. The molecule has 2 aromatic carbocycles. The number of hydrogen-bond acceptors (Lipinski definition) is 4. The van der Waals surface area contributed by atoms with Crippen molar-refractivity contribution in [1.82, 2.24) is 14.5 Å². The first-order valence-electron chi connectivity index (χ1n) is 9.73. The van der Waals surface area contributed by atoms with Gasteiger partial charge in [-0.25, -0.2) is 17.5 Å². The van der Waals surface area contributed by atoms with Gasteiger partial charge in [0, 0.05) is 45.7 Å². The van der Waals surface area contributed by atoms with Crippen LogP contribution in [0.5, 0.6) is 0 Å². The zero-order valence-corrected chi connectivity index (χ0v) is 17.1. The van der Waals surface area contributed by atoms with Gasteiger partial charge in [0.05, 0.1) is 4.90 Å². The maximum Gasteiger partial charge on any atom is 0.240 e. The SMILES string of the molecule is O=C(CCCNS(=O)(=O)c1ccc(F)cc1)N1CCN(Cc2ccccc2)CC1. The van der Waals surface area contributed by atoms with Gasteiger partial charge in [0.1, 0.15) is 5.82 Å². The molecule has 0 atom stereocenters. The predicted octanol–water partition coefficient (Wildman–Crippen LogP) is 2.23. The molecule has 1 N–H and O–H groups in total. The third-order valence-corrected chi connectivity index (χ3v) is 6.43. The number of rotatable bonds is 8. The van der Waals surface area contributed by atoms with Crippen LogP contribution in [-0.4, -0.2) is 56.8 Å². The molecular formula is C21H26FN3O3S. The lowest BCUT2D eigenvalue weighted by molar-refractivity contribution is -0.133. The Morgan fingerprint density at radius 2 is 1.62 bits per heavy atom. The second-order valence-corrected chi connectivity index (χ2v) is 8.86. The minimum Gasteiger partial charge on any atom is -0.340 e. The molecule has 0 aromatic heterocycles. The predicted molar refractivity (Wildman–Crippen MR) is 109 cm³/mol. The summed E-state index contributed by atoms with van der Waals surface area (Å²) in [4.78, 5) is 16.6. The van der Waals surface area contributed by atoms with Gasteiger partial charge in [-0.15, -0.1) is 0 Å². The molecule has 2 aromatic rings. The Hall–Kier alpha value is -2.29. The maximum atomic E-state index is 12.9. The van der Waals surface area contributed by atoms with E-state index in [1.54, 1.807) is 0 Å². The van der Waals surface area contributed by atoms with Crippen LogP contribution < -0.4 is 4.72 Å². The highest BCUT2D eigenvalue weighted by molar-refractivity contribution is 7.89. The molecule has 0 saturated carbocycles. The summed E-state index contributed by atoms with van der Waals surface area (Å²) in [5.74, 6) is -0.441. The van der Waals surface area contributed by atoms with Gasteiger partial charge in [-0.3, -0.25) is 9.69 Å². The number of halogens is 1. The molecule has 1 fully saturated rings. The lowest BCUT2D eigenvalue weighted by atomic mass is 10.2. The monoisotopic (exact) mass is 419 g/mol. The fourth-order valence-corrected chi connectivity index (χ4v) is 4.37. The van der Waals surface area contributed by atoms with E-state index in [1.165, 1.54) is 17.7 Å². The van der Waals surface area contributed by atoms with Crippen molar-refractivity contribution >= 4 is 15.9 Å². The largest absolute Gasteiger partial charge is 0.340 e. The zero-order chi connectivity index (χ0) is 20.7. The summed E-state index contributed by atoms with van der Waals surface area (Å²) in [6, 6.07) is 14.9. The van der Waals surface area contributed by atoms with Crippen LogP contribution >= 0.6 is 0 Å². The number of piperazine rings is 1. The van der Waals surface area contributed by atoms with Crippen molar-refractivity contribution in [3.8, 4) is 0 Å². The van der Waals surface area contributed by atoms with E-state index < -0.39 is 15.8 Å². The van der Waals surface area contributed by atoms with Crippen LogP contribution in [0.4, 0.5) is 4.39 Å². The van der Waals surface area contributed by atoms with Crippen LogP contribution in [0.1, 0.15) is 18.4 Å². The first-order valence-corrected chi connectivity index (χ1v) is 11.2. The van der Waals surface area contributed by atoms with Gasteiger partial charge in [-0.1, -0.05) is 30.3 Å². The highest BCUT2D eigenvalue weighted by Crippen LogP contribution is 2.11. The first kappa shape index (κ1) is 21.4. The molecule has 1 amide bonds. The Balaban J connectivity index is 1.36. The number of amides is 1. The number of nitrogens with zero attached hydrogens (tertiary/aromatic N) is 2. The Bertz CT molecular complexity index is 897. The van der Waals surface area contributed by atoms with Gasteiger partial charge in [-0.05, 0) is 36.2 Å². The molecule has 3 rings (SSSR count). The van der Waals surface area contributed by atoms with E-state index in [2.05, 4.69) is 21.8 Å². The second-order valence-electron chi connectivity index (χ2n) is 7.10. The smallest absolute Gasteiger partial charge is 0.240 e. The molecule has 8 heteroatoms. The summed E-state index contributed by atoms with van der Waals surface area (Å²) in [5.41, 5.74) is 1.26. The van der Waals surface area contributed by atoms with Crippen LogP contribution in [0.25, 0.3) is 0 Å². The zero-order valence-electron chi connectivity index (χ0n) is 16.3. The highest BCUT2D eigenvalue weighted by Gasteiger charge is 2.21. The third-order valence-electron chi connectivity index (χ3n) is 4.96. The van der Waals surface area contributed by atoms with E-state index in [-0.39, 0.29) is 17.3 Å². The summed E-state index contributed by atoms with van der Waals surface area (Å²) < 4.78 is 39.7. The maximum absolute atomic E-state index is 12.9. The highest BCUT2D eigenvalue weighted by atomic mass is 32.2.